The lowest BCUT2D eigenvalue weighted by Crippen LogP contribution is -2.51. The number of esters is 1. The Morgan fingerprint density at radius 3 is 2.32 bits per heavy atom. The van der Waals surface area contributed by atoms with Crippen LogP contribution in [-0.4, -0.2) is 31.2 Å². The zero-order chi connectivity index (χ0) is 14.6. The molecule has 1 amide bonds. The Labute approximate surface area is 107 Å². The smallest absolute Gasteiger partial charge is 0.419 e. The van der Waals surface area contributed by atoms with Gasteiger partial charge in [0.2, 0.25) is 6.04 Å². The first-order valence-corrected chi connectivity index (χ1v) is 5.28. The van der Waals surface area contributed by atoms with Gasteiger partial charge in [-0.2, -0.15) is 13.2 Å². The van der Waals surface area contributed by atoms with Crippen molar-refractivity contribution in [2.24, 2.45) is 0 Å². The van der Waals surface area contributed by atoms with Crippen molar-refractivity contribution < 1.29 is 27.5 Å². The Morgan fingerprint density at radius 1 is 1.26 bits per heavy atom. The number of amides is 1. The zero-order valence-electron chi connectivity index (χ0n) is 10.2. The highest BCUT2D eigenvalue weighted by molar-refractivity contribution is 5.98. The fourth-order valence-electron chi connectivity index (χ4n) is 1.43. The third-order valence-corrected chi connectivity index (χ3v) is 2.43. The lowest BCUT2D eigenvalue weighted by Gasteiger charge is -2.19. The number of carbonyl (C=O) groups excluding carboxylic acids is 2. The molecule has 1 atom stereocenters. The molecule has 1 aromatic carbocycles. The van der Waals surface area contributed by atoms with Crippen molar-refractivity contribution in [2.45, 2.75) is 19.1 Å². The normalized spacial score (nSPS) is 12.7. The summed E-state index contributed by atoms with van der Waals surface area (Å²) in [6.45, 7) is 1.58. The molecule has 0 saturated carbocycles. The van der Waals surface area contributed by atoms with Gasteiger partial charge >= 0.3 is 12.1 Å². The molecule has 1 aromatic rings. The molecule has 4 nitrogen and oxygen atoms in total. The summed E-state index contributed by atoms with van der Waals surface area (Å²) < 4.78 is 41.9. The van der Waals surface area contributed by atoms with Gasteiger partial charge in [0.25, 0.3) is 5.91 Å². The topological polar surface area (TPSA) is 55.4 Å². The third kappa shape index (κ3) is 3.70. The average Bonchev–Trinajstić information content (AvgIpc) is 2.34. The van der Waals surface area contributed by atoms with E-state index in [-0.39, 0.29) is 5.56 Å². The molecule has 0 bridgehead atoms. The minimum atomic E-state index is -4.91. The maximum absolute atomic E-state index is 12.6. The van der Waals surface area contributed by atoms with Crippen LogP contribution in [0.4, 0.5) is 13.2 Å². The van der Waals surface area contributed by atoms with Crippen LogP contribution in [0, 0.1) is 6.92 Å². The minimum Gasteiger partial charge on any atom is -0.467 e. The molecule has 1 unspecified atom stereocenters. The van der Waals surface area contributed by atoms with E-state index in [2.05, 4.69) is 4.74 Å². The van der Waals surface area contributed by atoms with Crippen molar-refractivity contribution in [3.05, 3.63) is 35.4 Å². The van der Waals surface area contributed by atoms with Gasteiger partial charge in [0.15, 0.2) is 0 Å². The van der Waals surface area contributed by atoms with E-state index in [0.29, 0.717) is 5.56 Å². The molecule has 0 aromatic heterocycles. The predicted molar refractivity (Wildman–Crippen MR) is 60.5 cm³/mol. The molecule has 104 valence electrons. The van der Waals surface area contributed by atoms with Crippen molar-refractivity contribution in [3.63, 3.8) is 0 Å². The molecular weight excluding hydrogens is 263 g/mol. The second-order valence-corrected chi connectivity index (χ2v) is 3.79. The number of carbonyl (C=O) groups is 2. The van der Waals surface area contributed by atoms with Crippen LogP contribution in [0.25, 0.3) is 0 Å². The molecule has 0 spiro atoms. The number of methoxy groups -OCH3 is 1. The van der Waals surface area contributed by atoms with Crippen molar-refractivity contribution in [1.29, 1.82) is 0 Å². The number of ether oxygens (including phenoxy) is 1. The number of halogens is 3. The molecule has 0 fully saturated rings. The number of alkyl halides is 3. The minimum absolute atomic E-state index is 0.0700. The van der Waals surface area contributed by atoms with Gasteiger partial charge in [0, 0.05) is 5.56 Å². The second-order valence-electron chi connectivity index (χ2n) is 3.79. The summed E-state index contributed by atoms with van der Waals surface area (Å²) in [6.07, 6.45) is -4.91. The van der Waals surface area contributed by atoms with Crippen LogP contribution >= 0.6 is 0 Å². The van der Waals surface area contributed by atoms with Crippen LogP contribution < -0.4 is 5.32 Å². The van der Waals surface area contributed by atoms with Crippen LogP contribution in [0.1, 0.15) is 15.9 Å². The molecule has 0 aliphatic carbocycles. The van der Waals surface area contributed by atoms with E-state index in [9.17, 15) is 22.8 Å². The van der Waals surface area contributed by atoms with E-state index >= 15 is 0 Å². The molecule has 19 heavy (non-hydrogen) atoms. The maximum atomic E-state index is 12.6. The predicted octanol–water partition coefficient (Wildman–Crippen LogP) is 1.83. The Morgan fingerprint density at radius 2 is 1.84 bits per heavy atom. The number of benzene rings is 1. The summed E-state index contributed by atoms with van der Waals surface area (Å²) in [6, 6.07) is 3.44. The first-order chi connectivity index (χ1) is 8.77. The van der Waals surface area contributed by atoms with Crippen molar-refractivity contribution in [1.82, 2.24) is 5.32 Å². The lowest BCUT2D eigenvalue weighted by atomic mass is 10.1. The molecule has 0 radical (unpaired) electrons. The van der Waals surface area contributed by atoms with E-state index < -0.39 is 24.1 Å². The summed E-state index contributed by atoms with van der Waals surface area (Å²) in [7, 11) is 0.820. The van der Waals surface area contributed by atoms with Gasteiger partial charge in [-0.15, -0.1) is 0 Å². The Kier molecular flexibility index (Phi) is 4.52. The second kappa shape index (κ2) is 5.73. The molecule has 7 heteroatoms. The molecular formula is C12H12F3NO3. The molecule has 0 aliphatic rings. The van der Waals surface area contributed by atoms with Gasteiger partial charge in [-0.25, -0.2) is 4.79 Å². The molecule has 0 aliphatic heterocycles. The molecule has 1 N–H and O–H groups in total. The Balaban J connectivity index is 2.95. The number of hydrogen-bond acceptors (Lipinski definition) is 3. The number of rotatable bonds is 3. The summed E-state index contributed by atoms with van der Waals surface area (Å²) in [5, 5.41) is 1.63. The van der Waals surface area contributed by atoms with E-state index in [4.69, 9.17) is 0 Å². The fourth-order valence-corrected chi connectivity index (χ4v) is 1.43. The van der Waals surface area contributed by atoms with E-state index in [1.165, 1.54) is 12.1 Å². The highest BCUT2D eigenvalue weighted by atomic mass is 19.4. The maximum Gasteiger partial charge on any atom is 0.419 e. The fraction of sp³-hybridized carbons (Fsp3) is 0.333. The lowest BCUT2D eigenvalue weighted by molar-refractivity contribution is -0.180. The van der Waals surface area contributed by atoms with Crippen molar-refractivity contribution in [3.8, 4) is 0 Å². The van der Waals surface area contributed by atoms with Gasteiger partial charge in [-0.3, -0.25) is 4.79 Å². The van der Waals surface area contributed by atoms with Crippen LogP contribution in [0.2, 0.25) is 0 Å². The summed E-state index contributed by atoms with van der Waals surface area (Å²) >= 11 is 0. The highest BCUT2D eigenvalue weighted by Crippen LogP contribution is 2.21. The summed E-state index contributed by atoms with van der Waals surface area (Å²) in [5.41, 5.74) is 0.575. The number of hydrogen-bond donors (Lipinski definition) is 1. The van der Waals surface area contributed by atoms with Crippen LogP contribution in [-0.2, 0) is 9.53 Å². The van der Waals surface area contributed by atoms with Gasteiger partial charge in [0.05, 0.1) is 7.11 Å². The van der Waals surface area contributed by atoms with Gasteiger partial charge in [0.1, 0.15) is 0 Å². The number of nitrogens with one attached hydrogen (secondary N) is 1. The van der Waals surface area contributed by atoms with E-state index in [1.54, 1.807) is 24.4 Å². The first kappa shape index (κ1) is 15.0. The standard InChI is InChI=1S/C12H12F3NO3/c1-7-5-3-4-6-8(7)10(17)16-9(11(18)19-2)12(13,14)15/h3-6,9H,1-2H3,(H,16,17). The van der Waals surface area contributed by atoms with Crippen molar-refractivity contribution in [2.75, 3.05) is 7.11 Å². The summed E-state index contributed by atoms with van der Waals surface area (Å²) in [5.74, 6) is -2.54. The molecule has 0 saturated heterocycles. The van der Waals surface area contributed by atoms with Crippen LogP contribution in [0.3, 0.4) is 0 Å². The molecule has 1 rings (SSSR count). The Hall–Kier alpha value is -2.05. The summed E-state index contributed by atoms with van der Waals surface area (Å²) in [4.78, 5) is 22.8. The average molecular weight is 275 g/mol. The SMILES string of the molecule is COC(=O)C(NC(=O)c1ccccc1C)C(F)(F)F. The monoisotopic (exact) mass is 275 g/mol. The largest absolute Gasteiger partial charge is 0.467 e. The highest BCUT2D eigenvalue weighted by Gasteiger charge is 2.47. The van der Waals surface area contributed by atoms with Gasteiger partial charge < -0.3 is 10.1 Å². The number of aryl methyl sites for hydroxylation is 1. The van der Waals surface area contributed by atoms with E-state index in [0.717, 1.165) is 7.11 Å². The van der Waals surface area contributed by atoms with Gasteiger partial charge in [-0.1, -0.05) is 18.2 Å². The third-order valence-electron chi connectivity index (χ3n) is 2.43. The van der Waals surface area contributed by atoms with Gasteiger partial charge in [-0.05, 0) is 18.6 Å². The molecule has 0 heterocycles. The van der Waals surface area contributed by atoms with Crippen LogP contribution in [0.5, 0.6) is 0 Å². The first-order valence-electron chi connectivity index (χ1n) is 5.28. The Bertz CT molecular complexity index is 485. The van der Waals surface area contributed by atoms with E-state index in [1.807, 2.05) is 0 Å². The quantitative estimate of drug-likeness (QED) is 0.856. The van der Waals surface area contributed by atoms with Crippen molar-refractivity contribution >= 4 is 11.9 Å². The zero-order valence-corrected chi connectivity index (χ0v) is 10.2. The van der Waals surface area contributed by atoms with Crippen LogP contribution in [0.15, 0.2) is 24.3 Å².